The fourth-order valence-corrected chi connectivity index (χ4v) is 7.31. The maximum atomic E-state index is 11.2. The minimum absolute atomic E-state index is 0.0833. The molecule has 0 aromatic heterocycles. The molecule has 2 saturated carbocycles. The van der Waals surface area contributed by atoms with Gasteiger partial charge >= 0.3 is 0 Å². The molecule has 0 bridgehead atoms. The lowest BCUT2D eigenvalue weighted by Crippen LogP contribution is -2.50. The highest BCUT2D eigenvalue weighted by Crippen LogP contribution is 2.51. The number of rotatable bonds is 3. The summed E-state index contributed by atoms with van der Waals surface area (Å²) in [5, 5.41) is 22.5. The average molecular weight is 438 g/mol. The number of fused-ring (bicyclic) bond motifs is 1. The predicted octanol–water partition coefficient (Wildman–Crippen LogP) is 4.75. The standard InChI is InChI=1S/C26H47NO4/c1-15(2)21-22(16(3)4)24(29)27(23(21)28)18-8-9-19-20(14-18)31-26(30-19)12-10-17(11-13-26)25(5,6)7/h15-24,28-29H,8-14H2,1-7H3. The van der Waals surface area contributed by atoms with Gasteiger partial charge in [-0.05, 0) is 55.3 Å². The molecule has 5 heteroatoms. The van der Waals surface area contributed by atoms with Gasteiger partial charge in [-0.25, -0.2) is 4.90 Å². The molecular formula is C26H47NO4. The number of aliphatic hydroxyl groups is 2. The molecule has 2 aliphatic heterocycles. The lowest BCUT2D eigenvalue weighted by Gasteiger charge is -2.41. The number of likely N-dealkylation sites (tertiary alicyclic amines) is 1. The lowest BCUT2D eigenvalue weighted by atomic mass is 9.71. The summed E-state index contributed by atoms with van der Waals surface area (Å²) >= 11 is 0. The first-order valence-corrected chi connectivity index (χ1v) is 12.9. The van der Waals surface area contributed by atoms with Crippen LogP contribution in [-0.4, -0.2) is 51.6 Å². The van der Waals surface area contributed by atoms with Gasteiger partial charge in [-0.15, -0.1) is 0 Å². The first-order chi connectivity index (χ1) is 14.4. The minimum atomic E-state index is -0.581. The third-order valence-electron chi connectivity index (χ3n) is 9.11. The maximum Gasteiger partial charge on any atom is 0.169 e. The van der Waals surface area contributed by atoms with Crippen LogP contribution in [0.3, 0.4) is 0 Å². The Labute approximate surface area is 189 Å². The summed E-state index contributed by atoms with van der Waals surface area (Å²) in [6.45, 7) is 15.7. The highest BCUT2D eigenvalue weighted by atomic mass is 16.8. The van der Waals surface area contributed by atoms with Crippen molar-refractivity contribution in [3.05, 3.63) is 0 Å². The molecule has 0 aromatic rings. The predicted molar refractivity (Wildman–Crippen MR) is 122 cm³/mol. The van der Waals surface area contributed by atoms with Crippen LogP contribution in [0.5, 0.6) is 0 Å². The molecule has 0 radical (unpaired) electrons. The van der Waals surface area contributed by atoms with Crippen LogP contribution in [0, 0.1) is 35.0 Å². The van der Waals surface area contributed by atoms with Gasteiger partial charge in [0.1, 0.15) is 12.5 Å². The average Bonchev–Trinajstić information content (AvgIpc) is 3.14. The van der Waals surface area contributed by atoms with Crippen LogP contribution in [-0.2, 0) is 9.47 Å². The van der Waals surface area contributed by atoms with Gasteiger partial charge in [0.15, 0.2) is 5.79 Å². The van der Waals surface area contributed by atoms with E-state index >= 15 is 0 Å². The number of nitrogens with zero attached hydrogens (tertiary/aromatic N) is 1. The van der Waals surface area contributed by atoms with Crippen molar-refractivity contribution in [3.63, 3.8) is 0 Å². The SMILES string of the molecule is CC(C)C1C(C(C)C)C(O)N(C2CCC3OC4(CCC(C(C)(C)C)CC4)OC3C2)C1O. The van der Waals surface area contributed by atoms with Crippen LogP contribution < -0.4 is 0 Å². The second-order valence-electron chi connectivity index (χ2n) is 12.7. The molecule has 2 aliphatic carbocycles. The van der Waals surface area contributed by atoms with Crippen molar-refractivity contribution in [1.82, 2.24) is 4.90 Å². The molecule has 7 unspecified atom stereocenters. The van der Waals surface area contributed by atoms with Crippen molar-refractivity contribution in [3.8, 4) is 0 Å². The van der Waals surface area contributed by atoms with E-state index in [0.29, 0.717) is 17.3 Å². The fourth-order valence-electron chi connectivity index (χ4n) is 7.31. The summed E-state index contributed by atoms with van der Waals surface area (Å²) in [5.41, 5.74) is 0.347. The molecule has 4 rings (SSSR count). The van der Waals surface area contributed by atoms with Gasteiger partial charge in [0.2, 0.25) is 0 Å². The molecule has 180 valence electrons. The highest BCUT2D eigenvalue weighted by molar-refractivity contribution is 5.01. The molecule has 4 fully saturated rings. The van der Waals surface area contributed by atoms with Crippen molar-refractivity contribution in [1.29, 1.82) is 0 Å². The minimum Gasteiger partial charge on any atom is -0.378 e. The van der Waals surface area contributed by atoms with Crippen LogP contribution >= 0.6 is 0 Å². The summed E-state index contributed by atoms with van der Waals surface area (Å²) in [7, 11) is 0. The van der Waals surface area contributed by atoms with Gasteiger partial charge in [0.05, 0.1) is 12.2 Å². The second kappa shape index (κ2) is 8.54. The van der Waals surface area contributed by atoms with Crippen molar-refractivity contribution in [2.45, 2.75) is 130 Å². The Kier molecular flexibility index (Phi) is 6.60. The van der Waals surface area contributed by atoms with Gasteiger partial charge in [0, 0.05) is 30.7 Å². The molecule has 2 N–H and O–H groups in total. The summed E-state index contributed by atoms with van der Waals surface area (Å²) in [6, 6.07) is 0.154. The van der Waals surface area contributed by atoms with Crippen molar-refractivity contribution < 1.29 is 19.7 Å². The Hall–Kier alpha value is -0.200. The van der Waals surface area contributed by atoms with Crippen molar-refractivity contribution >= 4 is 0 Å². The molecule has 31 heavy (non-hydrogen) atoms. The van der Waals surface area contributed by atoms with Gasteiger partial charge < -0.3 is 19.7 Å². The Balaban J connectivity index is 1.43. The smallest absolute Gasteiger partial charge is 0.169 e. The third kappa shape index (κ3) is 4.35. The van der Waals surface area contributed by atoms with Crippen LogP contribution in [0.15, 0.2) is 0 Å². The number of hydrogen-bond donors (Lipinski definition) is 2. The Morgan fingerprint density at radius 3 is 1.81 bits per heavy atom. The van der Waals surface area contributed by atoms with Gasteiger partial charge in [-0.2, -0.15) is 0 Å². The summed E-state index contributed by atoms with van der Waals surface area (Å²) in [6.07, 6.45) is 6.16. The summed E-state index contributed by atoms with van der Waals surface area (Å²) in [5.74, 6) is 1.22. The van der Waals surface area contributed by atoms with E-state index in [-0.39, 0.29) is 30.1 Å². The number of aliphatic hydroxyl groups excluding tert-OH is 2. The van der Waals surface area contributed by atoms with E-state index in [1.807, 2.05) is 4.90 Å². The Morgan fingerprint density at radius 1 is 0.806 bits per heavy atom. The quantitative estimate of drug-likeness (QED) is 0.667. The molecule has 0 aromatic carbocycles. The molecule has 2 heterocycles. The number of ether oxygens (including phenoxy) is 2. The second-order valence-corrected chi connectivity index (χ2v) is 12.7. The molecule has 4 aliphatic rings. The molecule has 7 atom stereocenters. The molecular weight excluding hydrogens is 390 g/mol. The van der Waals surface area contributed by atoms with Crippen molar-refractivity contribution in [2.24, 2.45) is 35.0 Å². The zero-order valence-corrected chi connectivity index (χ0v) is 20.9. The third-order valence-corrected chi connectivity index (χ3v) is 9.11. The molecule has 5 nitrogen and oxygen atoms in total. The number of hydrogen-bond acceptors (Lipinski definition) is 5. The van der Waals surface area contributed by atoms with Crippen LogP contribution in [0.4, 0.5) is 0 Å². The van der Waals surface area contributed by atoms with E-state index < -0.39 is 18.2 Å². The first kappa shape index (κ1) is 23.9. The fraction of sp³-hybridized carbons (Fsp3) is 1.00. The van der Waals surface area contributed by atoms with E-state index in [4.69, 9.17) is 9.47 Å². The van der Waals surface area contributed by atoms with E-state index in [1.54, 1.807) is 0 Å². The zero-order chi connectivity index (χ0) is 22.7. The summed E-state index contributed by atoms with van der Waals surface area (Å²) < 4.78 is 13.2. The molecule has 0 amide bonds. The molecule has 2 saturated heterocycles. The first-order valence-electron chi connectivity index (χ1n) is 12.9. The van der Waals surface area contributed by atoms with Gasteiger partial charge in [-0.1, -0.05) is 48.5 Å². The molecule has 1 spiro atoms. The van der Waals surface area contributed by atoms with Crippen molar-refractivity contribution in [2.75, 3.05) is 0 Å². The topological polar surface area (TPSA) is 62.2 Å². The normalized spacial score (nSPS) is 46.9. The van der Waals surface area contributed by atoms with Crippen LogP contribution in [0.25, 0.3) is 0 Å². The highest BCUT2D eigenvalue weighted by Gasteiger charge is 2.56. The van der Waals surface area contributed by atoms with Crippen LogP contribution in [0.1, 0.15) is 93.4 Å². The zero-order valence-electron chi connectivity index (χ0n) is 20.9. The van der Waals surface area contributed by atoms with Crippen LogP contribution in [0.2, 0.25) is 0 Å². The Bertz CT molecular complexity index is 601. The Morgan fingerprint density at radius 2 is 1.32 bits per heavy atom. The summed E-state index contributed by atoms with van der Waals surface area (Å²) in [4.78, 5) is 2.02. The van der Waals surface area contributed by atoms with E-state index in [2.05, 4.69) is 48.5 Å². The van der Waals surface area contributed by atoms with Gasteiger partial charge in [-0.3, -0.25) is 0 Å². The van der Waals surface area contributed by atoms with E-state index in [1.165, 1.54) is 12.8 Å². The largest absolute Gasteiger partial charge is 0.378 e. The maximum absolute atomic E-state index is 11.2. The lowest BCUT2D eigenvalue weighted by molar-refractivity contribution is -0.203. The van der Waals surface area contributed by atoms with E-state index in [0.717, 1.165) is 38.0 Å². The monoisotopic (exact) mass is 437 g/mol. The van der Waals surface area contributed by atoms with Gasteiger partial charge in [0.25, 0.3) is 0 Å². The van der Waals surface area contributed by atoms with E-state index in [9.17, 15) is 10.2 Å².